The van der Waals surface area contributed by atoms with Crippen molar-refractivity contribution >= 4 is 39.2 Å². The Labute approximate surface area is 200 Å². The zero-order valence-corrected chi connectivity index (χ0v) is 20.9. The van der Waals surface area contributed by atoms with Gasteiger partial charge in [0.05, 0.1) is 40.7 Å². The van der Waals surface area contributed by atoms with Gasteiger partial charge in [0, 0.05) is 30.2 Å². The first-order valence-corrected chi connectivity index (χ1v) is 11.9. The van der Waals surface area contributed by atoms with Gasteiger partial charge in [-0.15, -0.1) is 11.3 Å². The highest BCUT2D eigenvalue weighted by molar-refractivity contribution is 7.17. The maximum atomic E-state index is 13.7. The Morgan fingerprint density at radius 1 is 1.09 bits per heavy atom. The van der Waals surface area contributed by atoms with Crippen LogP contribution >= 0.6 is 11.3 Å². The topological polar surface area (TPSA) is 104 Å². The van der Waals surface area contributed by atoms with E-state index in [1.54, 1.807) is 15.4 Å². The normalized spacial score (nSPS) is 12.9. The fourth-order valence-corrected chi connectivity index (χ4v) is 6.15. The number of fused-ring (bicyclic) bond motifs is 2. The Hall–Kier alpha value is -3.53. The number of esters is 1. The van der Waals surface area contributed by atoms with E-state index in [0.29, 0.717) is 38.5 Å². The number of carbonyl (C=O) groups excluding carboxylic acids is 2. The van der Waals surface area contributed by atoms with Gasteiger partial charge in [0.15, 0.2) is 5.65 Å². The number of carbonyl (C=O) groups is 2. The molecule has 1 amide bonds. The van der Waals surface area contributed by atoms with E-state index in [2.05, 4.69) is 15.5 Å². The van der Waals surface area contributed by atoms with E-state index in [4.69, 9.17) is 9.72 Å². The summed E-state index contributed by atoms with van der Waals surface area (Å²) in [5, 5.41) is 13.2. The van der Waals surface area contributed by atoms with E-state index in [1.807, 2.05) is 34.9 Å². The Kier molecular flexibility index (Phi) is 5.27. The number of anilines is 1. The Morgan fingerprint density at radius 2 is 1.82 bits per heavy atom. The molecule has 1 N–H and O–H groups in total. The van der Waals surface area contributed by atoms with Crippen LogP contribution in [0.1, 0.15) is 54.7 Å². The maximum absolute atomic E-state index is 13.7. The second-order valence-corrected chi connectivity index (χ2v) is 9.74. The number of amides is 1. The molecule has 34 heavy (non-hydrogen) atoms. The predicted octanol–water partition coefficient (Wildman–Crippen LogP) is 3.88. The SMILES string of the molecule is COC(=O)c1c(NC(=O)c2cc(-c3c(C)nn(C)c3C)nc3c2c(C)nn3C)sc2c1CCC2. The van der Waals surface area contributed by atoms with Gasteiger partial charge in [-0.3, -0.25) is 14.2 Å². The molecule has 0 aromatic carbocycles. The van der Waals surface area contributed by atoms with Crippen molar-refractivity contribution in [3.05, 3.63) is 44.7 Å². The maximum Gasteiger partial charge on any atom is 0.341 e. The molecule has 0 spiro atoms. The summed E-state index contributed by atoms with van der Waals surface area (Å²) in [6.45, 7) is 5.77. The molecule has 4 aromatic rings. The summed E-state index contributed by atoms with van der Waals surface area (Å²) in [5.41, 5.74) is 6.59. The van der Waals surface area contributed by atoms with E-state index in [1.165, 1.54) is 18.4 Å². The number of hydrogen-bond acceptors (Lipinski definition) is 7. The Balaban J connectivity index is 1.66. The number of nitrogens with zero attached hydrogens (tertiary/aromatic N) is 5. The van der Waals surface area contributed by atoms with Crippen LogP contribution in [0.5, 0.6) is 0 Å². The molecule has 0 saturated carbocycles. The molecular formula is C24H26N6O3S. The van der Waals surface area contributed by atoms with Crippen LogP contribution in [0.25, 0.3) is 22.3 Å². The minimum absolute atomic E-state index is 0.311. The van der Waals surface area contributed by atoms with Gasteiger partial charge in [0.1, 0.15) is 5.00 Å². The first kappa shape index (κ1) is 22.3. The fraction of sp³-hybridized carbons (Fsp3) is 0.375. The molecule has 1 aliphatic rings. The zero-order chi connectivity index (χ0) is 24.3. The molecule has 0 bridgehead atoms. The molecule has 1 aliphatic carbocycles. The van der Waals surface area contributed by atoms with E-state index in [9.17, 15) is 9.59 Å². The van der Waals surface area contributed by atoms with Crippen molar-refractivity contribution in [2.45, 2.75) is 40.0 Å². The van der Waals surface area contributed by atoms with E-state index < -0.39 is 5.97 Å². The van der Waals surface area contributed by atoms with Crippen LogP contribution in [-0.4, -0.2) is 43.5 Å². The number of ether oxygens (including phenoxy) is 1. The van der Waals surface area contributed by atoms with Gasteiger partial charge in [-0.1, -0.05) is 0 Å². The average Bonchev–Trinajstić information content (AvgIpc) is 3.51. The van der Waals surface area contributed by atoms with Gasteiger partial charge in [-0.25, -0.2) is 9.78 Å². The second-order valence-electron chi connectivity index (χ2n) is 8.64. The number of aromatic nitrogens is 5. The molecule has 0 fully saturated rings. The molecular weight excluding hydrogens is 452 g/mol. The predicted molar refractivity (Wildman–Crippen MR) is 131 cm³/mol. The first-order chi connectivity index (χ1) is 16.2. The Bertz CT molecular complexity index is 1490. The average molecular weight is 479 g/mol. The van der Waals surface area contributed by atoms with Crippen molar-refractivity contribution < 1.29 is 14.3 Å². The van der Waals surface area contributed by atoms with Crippen molar-refractivity contribution in [2.75, 3.05) is 12.4 Å². The highest BCUT2D eigenvalue weighted by Gasteiger charge is 2.29. The number of pyridine rings is 1. The van der Waals surface area contributed by atoms with Crippen LogP contribution in [0.2, 0.25) is 0 Å². The van der Waals surface area contributed by atoms with E-state index >= 15 is 0 Å². The number of hydrogen-bond donors (Lipinski definition) is 1. The van der Waals surface area contributed by atoms with E-state index in [0.717, 1.165) is 46.7 Å². The summed E-state index contributed by atoms with van der Waals surface area (Å²) >= 11 is 1.46. The lowest BCUT2D eigenvalue weighted by Crippen LogP contribution is -2.15. The Morgan fingerprint density at radius 3 is 2.50 bits per heavy atom. The molecule has 0 atom stereocenters. The summed E-state index contributed by atoms with van der Waals surface area (Å²) in [5.74, 6) is -0.733. The van der Waals surface area contributed by atoms with Crippen molar-refractivity contribution in [3.8, 4) is 11.3 Å². The third-order valence-electron chi connectivity index (χ3n) is 6.52. The number of rotatable bonds is 4. The quantitative estimate of drug-likeness (QED) is 0.447. The highest BCUT2D eigenvalue weighted by Crippen LogP contribution is 2.40. The molecule has 0 aliphatic heterocycles. The van der Waals surface area contributed by atoms with E-state index in [-0.39, 0.29) is 5.91 Å². The minimum Gasteiger partial charge on any atom is -0.465 e. The molecule has 5 rings (SSSR count). The lowest BCUT2D eigenvalue weighted by atomic mass is 10.0. The molecule has 4 heterocycles. The molecule has 0 unspecified atom stereocenters. The number of thiophene rings is 1. The van der Waals surface area contributed by atoms with Crippen molar-refractivity contribution in [3.63, 3.8) is 0 Å². The fourth-order valence-electron chi connectivity index (χ4n) is 4.88. The summed E-state index contributed by atoms with van der Waals surface area (Å²) in [6.07, 6.45) is 2.73. The molecule has 10 heteroatoms. The van der Waals surface area contributed by atoms with Crippen LogP contribution in [0.15, 0.2) is 6.07 Å². The van der Waals surface area contributed by atoms with Crippen LogP contribution in [0, 0.1) is 20.8 Å². The van der Waals surface area contributed by atoms with Crippen LogP contribution < -0.4 is 5.32 Å². The number of nitrogens with one attached hydrogen (secondary N) is 1. The van der Waals surface area contributed by atoms with Crippen LogP contribution in [-0.2, 0) is 31.7 Å². The number of aryl methyl sites for hydroxylation is 5. The van der Waals surface area contributed by atoms with Crippen molar-refractivity contribution in [1.29, 1.82) is 0 Å². The molecule has 4 aromatic heterocycles. The molecule has 0 radical (unpaired) electrons. The molecule has 176 valence electrons. The van der Waals surface area contributed by atoms with Gasteiger partial charge in [-0.2, -0.15) is 10.2 Å². The first-order valence-electron chi connectivity index (χ1n) is 11.1. The monoisotopic (exact) mass is 478 g/mol. The standard InChI is InChI=1S/C24H26N6O3S/c1-11-18(13(3)29(4)27-11)16-10-15(19-12(2)28-30(5)21(19)25-16)22(31)26-23-20(24(32)33-6)14-8-7-9-17(14)34-23/h10H,7-9H2,1-6H3,(H,26,31). The van der Waals surface area contributed by atoms with Gasteiger partial charge in [0.2, 0.25) is 0 Å². The molecule has 9 nitrogen and oxygen atoms in total. The van der Waals surface area contributed by atoms with Crippen molar-refractivity contribution in [2.24, 2.45) is 14.1 Å². The minimum atomic E-state index is -0.422. The number of methoxy groups -OCH3 is 1. The van der Waals surface area contributed by atoms with Crippen molar-refractivity contribution in [1.82, 2.24) is 24.5 Å². The third-order valence-corrected chi connectivity index (χ3v) is 7.72. The summed E-state index contributed by atoms with van der Waals surface area (Å²) in [7, 11) is 5.07. The van der Waals surface area contributed by atoms with Gasteiger partial charge < -0.3 is 10.1 Å². The lowest BCUT2D eigenvalue weighted by Gasteiger charge is -2.10. The summed E-state index contributed by atoms with van der Waals surface area (Å²) in [6, 6.07) is 1.79. The van der Waals surface area contributed by atoms with Crippen LogP contribution in [0.4, 0.5) is 5.00 Å². The second kappa shape index (κ2) is 8.05. The third kappa shape index (κ3) is 3.32. The van der Waals surface area contributed by atoms with Gasteiger partial charge in [-0.05, 0) is 51.7 Å². The lowest BCUT2D eigenvalue weighted by molar-refractivity contribution is 0.0601. The van der Waals surface area contributed by atoms with Gasteiger partial charge >= 0.3 is 5.97 Å². The molecule has 0 saturated heterocycles. The largest absolute Gasteiger partial charge is 0.465 e. The smallest absolute Gasteiger partial charge is 0.341 e. The van der Waals surface area contributed by atoms with Gasteiger partial charge in [0.25, 0.3) is 5.91 Å². The summed E-state index contributed by atoms with van der Waals surface area (Å²) in [4.78, 5) is 32.2. The summed E-state index contributed by atoms with van der Waals surface area (Å²) < 4.78 is 8.52. The van der Waals surface area contributed by atoms with Crippen LogP contribution in [0.3, 0.4) is 0 Å². The zero-order valence-electron chi connectivity index (χ0n) is 20.1. The highest BCUT2D eigenvalue weighted by atomic mass is 32.1.